The summed E-state index contributed by atoms with van der Waals surface area (Å²) in [4.78, 5) is 10.8. The fourth-order valence-electron chi connectivity index (χ4n) is 1.27. The Balaban J connectivity index is 2.68. The van der Waals surface area contributed by atoms with Gasteiger partial charge in [-0.2, -0.15) is 0 Å². The van der Waals surface area contributed by atoms with E-state index in [0.717, 1.165) is 23.9 Å². The van der Waals surface area contributed by atoms with Crippen LogP contribution in [0.1, 0.15) is 25.4 Å². The third-order valence-corrected chi connectivity index (χ3v) is 2.88. The van der Waals surface area contributed by atoms with Crippen LogP contribution in [0.5, 0.6) is 0 Å². The zero-order chi connectivity index (χ0) is 12.3. The molecule has 16 heavy (non-hydrogen) atoms. The first-order chi connectivity index (χ1) is 7.31. The highest BCUT2D eigenvalue weighted by Gasteiger charge is 2.19. The van der Waals surface area contributed by atoms with Crippen LogP contribution in [0.4, 0.5) is 5.82 Å². The lowest BCUT2D eigenvalue weighted by molar-refractivity contribution is 0.210. The van der Waals surface area contributed by atoms with Crippen LogP contribution >= 0.6 is 0 Å². The molecular formula is C12H22N4. The Morgan fingerprint density at radius 3 is 2.38 bits per heavy atom. The second-order valence-corrected chi connectivity index (χ2v) is 5.00. The van der Waals surface area contributed by atoms with Gasteiger partial charge in [0.2, 0.25) is 0 Å². The monoisotopic (exact) mass is 222 g/mol. The number of aryl methyl sites for hydroxylation is 2. The molecule has 0 aliphatic carbocycles. The Morgan fingerprint density at radius 1 is 1.25 bits per heavy atom. The summed E-state index contributed by atoms with van der Waals surface area (Å²) >= 11 is 0. The van der Waals surface area contributed by atoms with E-state index in [1.165, 1.54) is 0 Å². The van der Waals surface area contributed by atoms with Crippen LogP contribution in [0.15, 0.2) is 6.07 Å². The molecule has 90 valence electrons. The van der Waals surface area contributed by atoms with E-state index in [4.69, 9.17) is 0 Å². The maximum atomic E-state index is 4.36. The van der Waals surface area contributed by atoms with Crippen LogP contribution in [0.2, 0.25) is 0 Å². The van der Waals surface area contributed by atoms with Crippen molar-refractivity contribution in [1.82, 2.24) is 14.9 Å². The van der Waals surface area contributed by atoms with E-state index in [2.05, 4.69) is 48.1 Å². The fourth-order valence-corrected chi connectivity index (χ4v) is 1.27. The third kappa shape index (κ3) is 3.45. The molecule has 0 spiro atoms. The van der Waals surface area contributed by atoms with Crippen LogP contribution in [0, 0.1) is 13.8 Å². The molecule has 0 aromatic carbocycles. The van der Waals surface area contributed by atoms with E-state index in [1.54, 1.807) is 0 Å². The number of likely N-dealkylation sites (N-methyl/N-ethyl adjacent to an activating group) is 1. The molecule has 0 unspecified atom stereocenters. The van der Waals surface area contributed by atoms with Gasteiger partial charge in [-0.15, -0.1) is 0 Å². The third-order valence-electron chi connectivity index (χ3n) is 2.88. The molecule has 0 aliphatic heterocycles. The predicted molar refractivity (Wildman–Crippen MR) is 67.8 cm³/mol. The lowest BCUT2D eigenvalue weighted by Crippen LogP contribution is -2.44. The zero-order valence-corrected chi connectivity index (χ0v) is 11.1. The minimum absolute atomic E-state index is 0.104. The zero-order valence-electron chi connectivity index (χ0n) is 11.1. The van der Waals surface area contributed by atoms with Gasteiger partial charge in [-0.3, -0.25) is 0 Å². The molecule has 0 amide bonds. The Kier molecular flexibility index (Phi) is 3.86. The van der Waals surface area contributed by atoms with Gasteiger partial charge in [0.25, 0.3) is 0 Å². The summed E-state index contributed by atoms with van der Waals surface area (Å²) in [5, 5.41) is 3.36. The first kappa shape index (κ1) is 12.9. The van der Waals surface area contributed by atoms with Crippen molar-refractivity contribution >= 4 is 5.82 Å². The number of hydrogen-bond donors (Lipinski definition) is 1. The topological polar surface area (TPSA) is 41.0 Å². The highest BCUT2D eigenvalue weighted by molar-refractivity contribution is 5.36. The van der Waals surface area contributed by atoms with Gasteiger partial charge in [-0.1, -0.05) is 0 Å². The maximum Gasteiger partial charge on any atom is 0.129 e. The molecule has 1 N–H and O–H groups in total. The average molecular weight is 222 g/mol. The smallest absolute Gasteiger partial charge is 0.129 e. The summed E-state index contributed by atoms with van der Waals surface area (Å²) < 4.78 is 0. The summed E-state index contributed by atoms with van der Waals surface area (Å²) in [5.74, 6) is 1.71. The van der Waals surface area contributed by atoms with Crippen molar-refractivity contribution in [2.24, 2.45) is 0 Å². The van der Waals surface area contributed by atoms with Crippen molar-refractivity contribution < 1.29 is 0 Å². The summed E-state index contributed by atoms with van der Waals surface area (Å²) in [6, 6.07) is 1.97. The van der Waals surface area contributed by atoms with Gasteiger partial charge in [0.1, 0.15) is 11.6 Å². The van der Waals surface area contributed by atoms with Gasteiger partial charge in [-0.05, 0) is 41.8 Å². The molecule has 0 bridgehead atoms. The second kappa shape index (κ2) is 4.78. The number of hydrogen-bond acceptors (Lipinski definition) is 4. The largest absolute Gasteiger partial charge is 0.368 e. The maximum absolute atomic E-state index is 4.36. The fraction of sp³-hybridized carbons (Fsp3) is 0.667. The molecule has 4 nitrogen and oxygen atoms in total. The molecule has 1 rings (SSSR count). The van der Waals surface area contributed by atoms with Crippen molar-refractivity contribution in [1.29, 1.82) is 0 Å². The van der Waals surface area contributed by atoms with Crippen LogP contribution in [0.25, 0.3) is 0 Å². The molecule has 0 saturated carbocycles. The molecule has 4 heteroatoms. The second-order valence-electron chi connectivity index (χ2n) is 5.00. The van der Waals surface area contributed by atoms with Gasteiger partial charge in [0.05, 0.1) is 0 Å². The summed E-state index contributed by atoms with van der Waals surface area (Å²) in [6.45, 7) is 9.14. The Labute approximate surface area is 98.1 Å². The predicted octanol–water partition coefficient (Wildman–Crippen LogP) is 1.85. The van der Waals surface area contributed by atoms with Crippen molar-refractivity contribution in [2.75, 3.05) is 26.0 Å². The number of aromatic nitrogens is 2. The molecule has 1 aromatic rings. The Hall–Kier alpha value is -1.16. The molecule has 1 heterocycles. The normalized spacial score (nSPS) is 11.9. The van der Waals surface area contributed by atoms with Crippen LogP contribution in [0.3, 0.4) is 0 Å². The van der Waals surface area contributed by atoms with Gasteiger partial charge < -0.3 is 10.2 Å². The van der Waals surface area contributed by atoms with E-state index in [0.29, 0.717) is 0 Å². The van der Waals surface area contributed by atoms with Gasteiger partial charge >= 0.3 is 0 Å². The van der Waals surface area contributed by atoms with Crippen molar-refractivity contribution in [3.05, 3.63) is 17.6 Å². The van der Waals surface area contributed by atoms with E-state index in [9.17, 15) is 0 Å². The van der Waals surface area contributed by atoms with Crippen LogP contribution < -0.4 is 5.32 Å². The summed E-state index contributed by atoms with van der Waals surface area (Å²) in [5.41, 5.74) is 1.10. The van der Waals surface area contributed by atoms with Gasteiger partial charge in [-0.25, -0.2) is 9.97 Å². The van der Waals surface area contributed by atoms with E-state index >= 15 is 0 Å². The van der Waals surface area contributed by atoms with Gasteiger partial charge in [0, 0.05) is 23.8 Å². The number of anilines is 1. The van der Waals surface area contributed by atoms with Crippen LogP contribution in [-0.2, 0) is 0 Å². The molecule has 0 aliphatic rings. The quantitative estimate of drug-likeness (QED) is 0.844. The highest BCUT2D eigenvalue weighted by Crippen LogP contribution is 2.12. The van der Waals surface area contributed by atoms with E-state index in [-0.39, 0.29) is 5.54 Å². The van der Waals surface area contributed by atoms with Crippen molar-refractivity contribution in [3.8, 4) is 0 Å². The highest BCUT2D eigenvalue weighted by atomic mass is 15.2. The van der Waals surface area contributed by atoms with Crippen molar-refractivity contribution in [3.63, 3.8) is 0 Å². The Morgan fingerprint density at radius 2 is 1.88 bits per heavy atom. The van der Waals surface area contributed by atoms with Crippen molar-refractivity contribution in [2.45, 2.75) is 33.2 Å². The Bertz CT molecular complexity index is 338. The lowest BCUT2D eigenvalue weighted by Gasteiger charge is -2.32. The van der Waals surface area contributed by atoms with E-state index in [1.807, 2.05) is 19.9 Å². The molecule has 1 aromatic heterocycles. The molecule has 0 atom stereocenters. The van der Waals surface area contributed by atoms with E-state index < -0.39 is 0 Å². The number of rotatable bonds is 4. The van der Waals surface area contributed by atoms with Crippen LogP contribution in [-0.4, -0.2) is 41.0 Å². The lowest BCUT2D eigenvalue weighted by atomic mass is 10.0. The first-order valence-electron chi connectivity index (χ1n) is 5.55. The standard InChI is InChI=1S/C12H22N4/c1-9-7-11(15-10(2)14-9)13-8-12(3,4)16(5)6/h7H,8H2,1-6H3,(H,13,14,15). The average Bonchev–Trinajstić information content (AvgIpc) is 2.13. The first-order valence-corrected chi connectivity index (χ1v) is 5.55. The SMILES string of the molecule is Cc1cc(NCC(C)(C)N(C)C)nc(C)n1. The summed E-state index contributed by atoms with van der Waals surface area (Å²) in [6.07, 6.45) is 0. The molecule has 0 fully saturated rings. The number of nitrogens with one attached hydrogen (secondary N) is 1. The molecular weight excluding hydrogens is 200 g/mol. The molecule has 0 radical (unpaired) electrons. The van der Waals surface area contributed by atoms with Gasteiger partial charge in [0.15, 0.2) is 0 Å². The number of nitrogens with zero attached hydrogens (tertiary/aromatic N) is 3. The summed E-state index contributed by atoms with van der Waals surface area (Å²) in [7, 11) is 4.16. The minimum atomic E-state index is 0.104. The molecule has 0 saturated heterocycles. The minimum Gasteiger partial charge on any atom is -0.368 e.